The predicted octanol–water partition coefficient (Wildman–Crippen LogP) is 3.06. The van der Waals surface area contributed by atoms with Gasteiger partial charge in [-0.2, -0.15) is 0 Å². The Balaban J connectivity index is 1.54. The van der Waals surface area contributed by atoms with Crippen LogP contribution in [0.4, 0.5) is 0 Å². The fraction of sp³-hybridized carbons (Fsp3) is 0.733. The van der Waals surface area contributed by atoms with Gasteiger partial charge in [-0.05, 0) is 44.2 Å². The Labute approximate surface area is 109 Å². The van der Waals surface area contributed by atoms with Crippen LogP contribution >= 0.6 is 0 Å². The fourth-order valence-electron chi connectivity index (χ4n) is 2.78. The lowest BCUT2D eigenvalue weighted by Crippen LogP contribution is -2.48. The van der Waals surface area contributed by atoms with Crippen molar-refractivity contribution in [1.82, 2.24) is 5.32 Å². The highest BCUT2D eigenvalue weighted by molar-refractivity contribution is 5.17. The average molecular weight is 249 g/mol. The van der Waals surface area contributed by atoms with Crippen LogP contribution in [-0.4, -0.2) is 18.8 Å². The second-order valence-corrected chi connectivity index (χ2v) is 6.19. The molecule has 2 fully saturated rings. The maximum atomic E-state index is 5.91. The molecule has 3 unspecified atom stereocenters. The first kappa shape index (κ1) is 12.2. The number of hydrogen-bond donors (Lipinski definition) is 1. The zero-order chi connectivity index (χ0) is 12.6. The van der Waals surface area contributed by atoms with E-state index in [1.165, 1.54) is 18.6 Å². The van der Waals surface area contributed by atoms with E-state index in [2.05, 4.69) is 31.3 Å². The van der Waals surface area contributed by atoms with Gasteiger partial charge in [0.1, 0.15) is 11.5 Å². The van der Waals surface area contributed by atoms with Crippen LogP contribution in [0.3, 0.4) is 0 Å². The topological polar surface area (TPSA) is 34.4 Å². The highest BCUT2D eigenvalue weighted by Gasteiger charge is 2.36. The molecule has 1 aliphatic heterocycles. The second-order valence-electron chi connectivity index (χ2n) is 6.19. The first-order valence-corrected chi connectivity index (χ1v) is 7.08. The summed E-state index contributed by atoms with van der Waals surface area (Å²) in [5.41, 5.74) is 0.109. The minimum Gasteiger partial charge on any atom is -0.464 e. The standard InChI is InChI=1S/C15H23NO2/c1-11-8-13(11)14-5-4-12(18-14)9-16-15(2)6-3-7-17-10-15/h4-5,11,13,16H,3,6-10H2,1-2H3. The Morgan fingerprint density at radius 1 is 1.44 bits per heavy atom. The summed E-state index contributed by atoms with van der Waals surface area (Å²) >= 11 is 0. The van der Waals surface area contributed by atoms with Crippen molar-refractivity contribution in [1.29, 1.82) is 0 Å². The molecule has 1 aliphatic carbocycles. The summed E-state index contributed by atoms with van der Waals surface area (Å²) < 4.78 is 11.5. The number of hydrogen-bond acceptors (Lipinski definition) is 3. The van der Waals surface area contributed by atoms with Crippen molar-refractivity contribution in [3.8, 4) is 0 Å². The van der Waals surface area contributed by atoms with E-state index in [9.17, 15) is 0 Å². The molecule has 1 saturated carbocycles. The molecule has 0 spiro atoms. The van der Waals surface area contributed by atoms with E-state index in [1.54, 1.807) is 0 Å². The normalized spacial score (nSPS) is 35.7. The molecule has 1 aromatic heterocycles. The summed E-state index contributed by atoms with van der Waals surface area (Å²) in [5.74, 6) is 3.70. The third-order valence-corrected chi connectivity index (χ3v) is 4.28. The Morgan fingerprint density at radius 3 is 2.94 bits per heavy atom. The summed E-state index contributed by atoms with van der Waals surface area (Å²) in [6.45, 7) is 7.04. The van der Waals surface area contributed by atoms with Gasteiger partial charge in [0.15, 0.2) is 0 Å². The van der Waals surface area contributed by atoms with Crippen molar-refractivity contribution in [3.05, 3.63) is 23.7 Å². The first-order valence-electron chi connectivity index (χ1n) is 7.08. The molecular formula is C15H23NO2. The molecule has 2 heterocycles. The van der Waals surface area contributed by atoms with Gasteiger partial charge in [0.2, 0.25) is 0 Å². The zero-order valence-corrected chi connectivity index (χ0v) is 11.4. The second kappa shape index (κ2) is 4.71. The lowest BCUT2D eigenvalue weighted by atomic mass is 9.95. The summed E-state index contributed by atoms with van der Waals surface area (Å²) in [6.07, 6.45) is 3.61. The van der Waals surface area contributed by atoms with Crippen molar-refractivity contribution >= 4 is 0 Å². The molecule has 1 N–H and O–H groups in total. The lowest BCUT2D eigenvalue weighted by molar-refractivity contribution is 0.0270. The van der Waals surface area contributed by atoms with Gasteiger partial charge in [-0.25, -0.2) is 0 Å². The van der Waals surface area contributed by atoms with E-state index in [4.69, 9.17) is 9.15 Å². The summed E-state index contributed by atoms with van der Waals surface area (Å²) in [4.78, 5) is 0. The van der Waals surface area contributed by atoms with Gasteiger partial charge in [-0.15, -0.1) is 0 Å². The van der Waals surface area contributed by atoms with Gasteiger partial charge in [-0.1, -0.05) is 6.92 Å². The third-order valence-electron chi connectivity index (χ3n) is 4.28. The molecule has 1 aromatic rings. The van der Waals surface area contributed by atoms with Crippen LogP contribution in [0.25, 0.3) is 0 Å². The van der Waals surface area contributed by atoms with Crippen LogP contribution in [0.5, 0.6) is 0 Å². The highest BCUT2D eigenvalue weighted by atomic mass is 16.5. The minimum absolute atomic E-state index is 0.109. The van der Waals surface area contributed by atoms with Crippen molar-refractivity contribution in [2.75, 3.05) is 13.2 Å². The molecular weight excluding hydrogens is 226 g/mol. The molecule has 3 atom stereocenters. The van der Waals surface area contributed by atoms with Crippen LogP contribution in [0, 0.1) is 5.92 Å². The molecule has 3 nitrogen and oxygen atoms in total. The van der Waals surface area contributed by atoms with Crippen molar-refractivity contribution < 1.29 is 9.15 Å². The SMILES string of the molecule is CC1CC1c1ccc(CNC2(C)CCCOC2)o1. The number of furan rings is 1. The molecule has 0 aromatic carbocycles. The zero-order valence-electron chi connectivity index (χ0n) is 11.4. The molecule has 0 bridgehead atoms. The van der Waals surface area contributed by atoms with Gasteiger partial charge in [0, 0.05) is 18.1 Å². The number of nitrogens with one attached hydrogen (secondary N) is 1. The van der Waals surface area contributed by atoms with Crippen molar-refractivity contribution in [3.63, 3.8) is 0 Å². The van der Waals surface area contributed by atoms with Crippen LogP contribution in [0.15, 0.2) is 16.5 Å². The van der Waals surface area contributed by atoms with Crippen molar-refractivity contribution in [2.45, 2.75) is 51.1 Å². The molecule has 0 amide bonds. The average Bonchev–Trinajstić information content (AvgIpc) is 2.92. The Morgan fingerprint density at radius 2 is 2.28 bits per heavy atom. The van der Waals surface area contributed by atoms with E-state index in [-0.39, 0.29) is 5.54 Å². The molecule has 18 heavy (non-hydrogen) atoms. The van der Waals surface area contributed by atoms with Gasteiger partial charge in [0.05, 0.1) is 13.2 Å². The molecule has 0 radical (unpaired) electrons. The van der Waals surface area contributed by atoms with E-state index < -0.39 is 0 Å². The largest absolute Gasteiger partial charge is 0.464 e. The smallest absolute Gasteiger partial charge is 0.117 e. The maximum absolute atomic E-state index is 5.91. The minimum atomic E-state index is 0.109. The monoisotopic (exact) mass is 249 g/mol. The Hall–Kier alpha value is -0.800. The van der Waals surface area contributed by atoms with Crippen molar-refractivity contribution in [2.24, 2.45) is 5.92 Å². The van der Waals surface area contributed by atoms with Gasteiger partial charge in [-0.3, -0.25) is 0 Å². The molecule has 3 rings (SSSR count). The third kappa shape index (κ3) is 2.62. The predicted molar refractivity (Wildman–Crippen MR) is 70.5 cm³/mol. The number of ether oxygens (including phenoxy) is 1. The Kier molecular flexibility index (Phi) is 3.20. The molecule has 2 aliphatic rings. The van der Waals surface area contributed by atoms with Crippen LogP contribution < -0.4 is 5.32 Å². The van der Waals surface area contributed by atoms with E-state index in [1.807, 2.05) is 0 Å². The maximum Gasteiger partial charge on any atom is 0.117 e. The molecule has 1 saturated heterocycles. The summed E-state index contributed by atoms with van der Waals surface area (Å²) in [7, 11) is 0. The van der Waals surface area contributed by atoms with Crippen LogP contribution in [0.1, 0.15) is 50.5 Å². The quantitative estimate of drug-likeness (QED) is 0.890. The summed E-state index contributed by atoms with van der Waals surface area (Å²) in [6, 6.07) is 4.26. The first-order chi connectivity index (χ1) is 8.66. The van der Waals surface area contributed by atoms with Crippen LogP contribution in [-0.2, 0) is 11.3 Å². The lowest BCUT2D eigenvalue weighted by Gasteiger charge is -2.34. The summed E-state index contributed by atoms with van der Waals surface area (Å²) in [5, 5.41) is 3.58. The van der Waals surface area contributed by atoms with Crippen LogP contribution in [0.2, 0.25) is 0 Å². The van der Waals surface area contributed by atoms with E-state index >= 15 is 0 Å². The highest BCUT2D eigenvalue weighted by Crippen LogP contribution is 2.47. The molecule has 3 heteroatoms. The van der Waals surface area contributed by atoms with Gasteiger partial charge >= 0.3 is 0 Å². The Bertz CT molecular complexity index is 406. The molecule has 100 valence electrons. The fourth-order valence-corrected chi connectivity index (χ4v) is 2.78. The van der Waals surface area contributed by atoms with Gasteiger partial charge < -0.3 is 14.5 Å². The van der Waals surface area contributed by atoms with Gasteiger partial charge in [0.25, 0.3) is 0 Å². The number of rotatable bonds is 4. The van der Waals surface area contributed by atoms with E-state index in [0.717, 1.165) is 37.9 Å². The van der Waals surface area contributed by atoms with E-state index in [0.29, 0.717) is 5.92 Å².